The minimum absolute atomic E-state index is 0.0901. The quantitative estimate of drug-likeness (QED) is 0.800. The molecule has 0 spiro atoms. The van der Waals surface area contributed by atoms with Crippen LogP contribution >= 0.6 is 0 Å². The van der Waals surface area contributed by atoms with Crippen molar-refractivity contribution >= 4 is 11.8 Å². The normalized spacial score (nSPS) is 15.2. The van der Waals surface area contributed by atoms with E-state index in [1.165, 1.54) is 4.90 Å². The number of likely N-dealkylation sites (tertiary alicyclic amines) is 1. The van der Waals surface area contributed by atoms with Gasteiger partial charge in [-0.15, -0.1) is 0 Å². The lowest BCUT2D eigenvalue weighted by Crippen LogP contribution is -2.34. The molecule has 2 amide bonds. The third kappa shape index (κ3) is 2.23. The number of benzene rings is 2. The zero-order chi connectivity index (χ0) is 13.9. The topological polar surface area (TPSA) is 37.4 Å². The molecule has 20 heavy (non-hydrogen) atoms. The van der Waals surface area contributed by atoms with Crippen LogP contribution in [0.15, 0.2) is 60.7 Å². The van der Waals surface area contributed by atoms with Crippen LogP contribution in [0, 0.1) is 0 Å². The Kier molecular flexibility index (Phi) is 3.33. The molecule has 0 atom stereocenters. The van der Waals surface area contributed by atoms with Gasteiger partial charge in [0.2, 0.25) is 11.8 Å². The summed E-state index contributed by atoms with van der Waals surface area (Å²) in [7, 11) is 0. The zero-order valence-electron chi connectivity index (χ0n) is 11.0. The van der Waals surface area contributed by atoms with Crippen molar-refractivity contribution < 1.29 is 9.59 Å². The molecule has 0 bridgehead atoms. The van der Waals surface area contributed by atoms with Crippen LogP contribution in [-0.2, 0) is 9.59 Å². The van der Waals surface area contributed by atoms with Crippen molar-refractivity contribution in [2.75, 3.05) is 0 Å². The van der Waals surface area contributed by atoms with Gasteiger partial charge in [-0.3, -0.25) is 14.5 Å². The third-order valence-corrected chi connectivity index (χ3v) is 3.58. The van der Waals surface area contributed by atoms with Gasteiger partial charge in [-0.05, 0) is 11.1 Å². The molecule has 100 valence electrons. The van der Waals surface area contributed by atoms with Crippen LogP contribution in [-0.4, -0.2) is 16.7 Å². The van der Waals surface area contributed by atoms with Gasteiger partial charge in [0.15, 0.2) is 0 Å². The van der Waals surface area contributed by atoms with Crippen LogP contribution < -0.4 is 0 Å². The largest absolute Gasteiger partial charge is 0.274 e. The summed E-state index contributed by atoms with van der Waals surface area (Å²) in [5.74, 6) is -0.180. The Morgan fingerprint density at radius 3 is 1.50 bits per heavy atom. The van der Waals surface area contributed by atoms with Crippen LogP contribution in [0.5, 0.6) is 0 Å². The lowest BCUT2D eigenvalue weighted by atomic mass is 9.97. The lowest BCUT2D eigenvalue weighted by Gasteiger charge is -2.27. The molecule has 3 heteroatoms. The van der Waals surface area contributed by atoms with Crippen molar-refractivity contribution in [3.8, 4) is 0 Å². The second kappa shape index (κ2) is 5.29. The molecule has 1 aliphatic heterocycles. The monoisotopic (exact) mass is 265 g/mol. The van der Waals surface area contributed by atoms with E-state index >= 15 is 0 Å². The van der Waals surface area contributed by atoms with Crippen molar-refractivity contribution in [2.45, 2.75) is 18.9 Å². The van der Waals surface area contributed by atoms with Crippen molar-refractivity contribution in [1.29, 1.82) is 0 Å². The highest BCUT2D eigenvalue weighted by Crippen LogP contribution is 2.32. The van der Waals surface area contributed by atoms with Crippen molar-refractivity contribution in [3.05, 3.63) is 71.8 Å². The van der Waals surface area contributed by atoms with E-state index in [0.29, 0.717) is 12.8 Å². The van der Waals surface area contributed by atoms with Crippen molar-refractivity contribution in [3.63, 3.8) is 0 Å². The van der Waals surface area contributed by atoms with E-state index in [-0.39, 0.29) is 17.9 Å². The Bertz CT molecular complexity index is 566. The van der Waals surface area contributed by atoms with E-state index in [4.69, 9.17) is 0 Å². The Balaban J connectivity index is 2.09. The molecule has 1 saturated heterocycles. The highest BCUT2D eigenvalue weighted by molar-refractivity contribution is 6.02. The number of carbonyl (C=O) groups is 2. The van der Waals surface area contributed by atoms with Gasteiger partial charge in [0.05, 0.1) is 6.04 Å². The number of hydrogen-bond donors (Lipinski definition) is 0. The van der Waals surface area contributed by atoms with Crippen LogP contribution in [0.25, 0.3) is 0 Å². The molecule has 2 aromatic rings. The standard InChI is InChI=1S/C17H15NO2/c19-15-11-12-16(20)18(15)17(13-7-3-1-4-8-13)14-9-5-2-6-10-14/h1-10,17H,11-12H2. The molecule has 3 nitrogen and oxygen atoms in total. The maximum absolute atomic E-state index is 12.1. The summed E-state index contributed by atoms with van der Waals surface area (Å²) in [5.41, 5.74) is 1.92. The second-order valence-corrected chi connectivity index (χ2v) is 4.88. The van der Waals surface area contributed by atoms with Gasteiger partial charge in [-0.1, -0.05) is 60.7 Å². The summed E-state index contributed by atoms with van der Waals surface area (Å²) in [4.78, 5) is 25.6. The summed E-state index contributed by atoms with van der Waals surface area (Å²) in [6.45, 7) is 0. The molecule has 0 N–H and O–H groups in total. The fourth-order valence-electron chi connectivity index (χ4n) is 2.64. The van der Waals surface area contributed by atoms with Gasteiger partial charge in [-0.2, -0.15) is 0 Å². The average Bonchev–Trinajstić information content (AvgIpc) is 2.82. The predicted octanol–water partition coefficient (Wildman–Crippen LogP) is 2.93. The van der Waals surface area contributed by atoms with E-state index in [1.807, 2.05) is 60.7 Å². The van der Waals surface area contributed by atoms with Gasteiger partial charge in [0.25, 0.3) is 0 Å². The van der Waals surface area contributed by atoms with Gasteiger partial charge < -0.3 is 0 Å². The van der Waals surface area contributed by atoms with E-state index < -0.39 is 0 Å². The molecule has 0 aliphatic carbocycles. The first kappa shape index (κ1) is 12.6. The van der Waals surface area contributed by atoms with E-state index in [1.54, 1.807) is 0 Å². The summed E-state index contributed by atoms with van der Waals surface area (Å²) in [6.07, 6.45) is 0.629. The van der Waals surface area contributed by atoms with Gasteiger partial charge in [0.1, 0.15) is 0 Å². The number of rotatable bonds is 3. The maximum atomic E-state index is 12.1. The predicted molar refractivity (Wildman–Crippen MR) is 75.8 cm³/mol. The van der Waals surface area contributed by atoms with Crippen LogP contribution in [0.1, 0.15) is 30.0 Å². The van der Waals surface area contributed by atoms with Gasteiger partial charge >= 0.3 is 0 Å². The molecule has 1 heterocycles. The SMILES string of the molecule is O=C1CCC(=O)N1C(c1ccccc1)c1ccccc1. The summed E-state index contributed by atoms with van der Waals surface area (Å²) >= 11 is 0. The van der Waals surface area contributed by atoms with E-state index in [0.717, 1.165) is 11.1 Å². The first-order chi connectivity index (χ1) is 9.77. The smallest absolute Gasteiger partial charge is 0.230 e. The first-order valence-electron chi connectivity index (χ1n) is 6.72. The molecule has 3 rings (SSSR count). The summed E-state index contributed by atoms with van der Waals surface area (Å²) in [6, 6.07) is 19.1. The number of nitrogens with zero attached hydrogens (tertiary/aromatic N) is 1. The fraction of sp³-hybridized carbons (Fsp3) is 0.176. The molecule has 0 aromatic heterocycles. The Morgan fingerprint density at radius 1 is 0.700 bits per heavy atom. The summed E-state index contributed by atoms with van der Waals surface area (Å²) in [5, 5.41) is 0. The van der Waals surface area contributed by atoms with Gasteiger partial charge in [0, 0.05) is 12.8 Å². The molecular weight excluding hydrogens is 250 g/mol. The average molecular weight is 265 g/mol. The lowest BCUT2D eigenvalue weighted by molar-refractivity contribution is -0.140. The highest BCUT2D eigenvalue weighted by atomic mass is 16.2. The van der Waals surface area contributed by atoms with Gasteiger partial charge in [-0.25, -0.2) is 0 Å². The molecule has 0 saturated carbocycles. The number of carbonyl (C=O) groups excluding carboxylic acids is 2. The Morgan fingerprint density at radius 2 is 1.10 bits per heavy atom. The number of imide groups is 1. The fourth-order valence-corrected chi connectivity index (χ4v) is 2.64. The Hall–Kier alpha value is -2.42. The molecule has 1 aliphatic rings. The molecule has 0 unspecified atom stereocenters. The highest BCUT2D eigenvalue weighted by Gasteiger charge is 2.36. The molecule has 0 radical (unpaired) electrons. The maximum Gasteiger partial charge on any atom is 0.230 e. The zero-order valence-corrected chi connectivity index (χ0v) is 11.0. The number of hydrogen-bond acceptors (Lipinski definition) is 2. The number of amides is 2. The minimum atomic E-state index is -0.320. The molecule has 2 aromatic carbocycles. The van der Waals surface area contributed by atoms with Crippen LogP contribution in [0.2, 0.25) is 0 Å². The van der Waals surface area contributed by atoms with Crippen LogP contribution in [0.4, 0.5) is 0 Å². The second-order valence-electron chi connectivity index (χ2n) is 4.88. The van der Waals surface area contributed by atoms with Crippen LogP contribution in [0.3, 0.4) is 0 Å². The van der Waals surface area contributed by atoms with Crippen molar-refractivity contribution in [1.82, 2.24) is 4.90 Å². The summed E-state index contributed by atoms with van der Waals surface area (Å²) < 4.78 is 0. The third-order valence-electron chi connectivity index (χ3n) is 3.58. The molecule has 1 fully saturated rings. The molecular formula is C17H15NO2. The van der Waals surface area contributed by atoms with E-state index in [9.17, 15) is 9.59 Å². The Labute approximate surface area is 117 Å². The van der Waals surface area contributed by atoms with E-state index in [2.05, 4.69) is 0 Å². The minimum Gasteiger partial charge on any atom is -0.274 e. The first-order valence-corrected chi connectivity index (χ1v) is 6.72. The van der Waals surface area contributed by atoms with Crippen molar-refractivity contribution in [2.24, 2.45) is 0 Å².